The number of likely N-dealkylation sites (N-methyl/N-ethyl adjacent to an activating group) is 1. The van der Waals surface area contributed by atoms with Crippen LogP contribution in [-0.2, 0) is 4.79 Å². The number of nitrogens with zero attached hydrogens (tertiary/aromatic N) is 5. The van der Waals surface area contributed by atoms with Crippen molar-refractivity contribution in [3.05, 3.63) is 54.7 Å². The predicted octanol–water partition coefficient (Wildman–Crippen LogP) is 3.01. The molecule has 3 aromatic rings. The van der Waals surface area contributed by atoms with Gasteiger partial charge in [-0.25, -0.2) is 9.97 Å². The monoisotopic (exact) mass is 477 g/mol. The van der Waals surface area contributed by atoms with Crippen LogP contribution < -0.4 is 20.9 Å². The van der Waals surface area contributed by atoms with Crippen molar-refractivity contribution in [2.75, 3.05) is 69.0 Å². The minimum Gasteiger partial charge on any atom is -0.378 e. The van der Waals surface area contributed by atoms with E-state index < -0.39 is 0 Å². The van der Waals surface area contributed by atoms with Gasteiger partial charge in [0.1, 0.15) is 0 Å². The van der Waals surface area contributed by atoms with Gasteiger partial charge in [-0.1, -0.05) is 30.0 Å². The number of aromatic nitrogens is 2. The Kier molecular flexibility index (Phi) is 7.66. The number of rotatable bonds is 7. The lowest BCUT2D eigenvalue weighted by Gasteiger charge is -2.32. The highest BCUT2D eigenvalue weighted by molar-refractivity contribution is 7.99. The van der Waals surface area contributed by atoms with Gasteiger partial charge in [0, 0.05) is 68.3 Å². The van der Waals surface area contributed by atoms with Gasteiger partial charge in [0.15, 0.2) is 0 Å². The van der Waals surface area contributed by atoms with Crippen LogP contribution in [0.25, 0.3) is 11.3 Å². The molecule has 4 rings (SSSR count). The molecule has 1 fully saturated rings. The van der Waals surface area contributed by atoms with Crippen LogP contribution in [0.4, 0.5) is 17.3 Å². The zero-order chi connectivity index (χ0) is 24.1. The second-order valence-corrected chi connectivity index (χ2v) is 9.61. The molecule has 178 valence electrons. The molecule has 2 heterocycles. The summed E-state index contributed by atoms with van der Waals surface area (Å²) in [6.45, 7) is 3.75. The molecule has 1 aliphatic heterocycles. The number of carbonyl (C=O) groups excluding carboxylic acids is 1. The lowest BCUT2D eigenvalue weighted by atomic mass is 10.1. The molecular weight excluding hydrogens is 446 g/mol. The van der Waals surface area contributed by atoms with Crippen LogP contribution in [0.1, 0.15) is 0 Å². The fraction of sp³-hybridized carbons (Fsp3) is 0.320. The van der Waals surface area contributed by atoms with E-state index in [2.05, 4.69) is 51.3 Å². The van der Waals surface area contributed by atoms with Crippen LogP contribution in [0.5, 0.6) is 0 Å². The molecule has 0 bridgehead atoms. The quantitative estimate of drug-likeness (QED) is 0.537. The number of carbonyl (C=O) groups is 1. The first-order valence-corrected chi connectivity index (χ1v) is 12.1. The van der Waals surface area contributed by atoms with Gasteiger partial charge in [-0.3, -0.25) is 4.79 Å². The highest BCUT2D eigenvalue weighted by Gasteiger charge is 2.19. The molecule has 8 nitrogen and oxygen atoms in total. The van der Waals surface area contributed by atoms with Crippen molar-refractivity contribution in [3.8, 4) is 11.3 Å². The molecule has 0 unspecified atom stereocenters. The maximum absolute atomic E-state index is 11.7. The predicted molar refractivity (Wildman–Crippen MR) is 140 cm³/mol. The molecule has 2 aromatic carbocycles. The number of hydrogen-bond donors (Lipinski definition) is 2. The Morgan fingerprint density at radius 1 is 1.12 bits per heavy atom. The minimum absolute atomic E-state index is 0.0495. The minimum atomic E-state index is -0.219. The van der Waals surface area contributed by atoms with Crippen molar-refractivity contribution in [2.45, 2.75) is 9.79 Å². The summed E-state index contributed by atoms with van der Waals surface area (Å²) in [5, 5.41) is 2.81. The van der Waals surface area contributed by atoms with Crippen LogP contribution in [0.15, 0.2) is 64.5 Å². The first-order valence-electron chi connectivity index (χ1n) is 11.3. The van der Waals surface area contributed by atoms with Crippen molar-refractivity contribution in [2.24, 2.45) is 5.73 Å². The molecular formula is C25H31N7OS. The topological polar surface area (TPSA) is 90.6 Å². The average Bonchev–Trinajstić information content (AvgIpc) is 2.85. The molecule has 1 saturated heterocycles. The van der Waals surface area contributed by atoms with Gasteiger partial charge in [0.2, 0.25) is 11.9 Å². The molecule has 9 heteroatoms. The zero-order valence-corrected chi connectivity index (χ0v) is 20.7. The maximum Gasteiger partial charge on any atom is 0.238 e. The summed E-state index contributed by atoms with van der Waals surface area (Å²) in [7, 11) is 6.20. The summed E-state index contributed by atoms with van der Waals surface area (Å²) >= 11 is 1.58. The summed E-state index contributed by atoms with van der Waals surface area (Å²) in [5.41, 5.74) is 9.22. The Bertz CT molecular complexity index is 1130. The highest BCUT2D eigenvalue weighted by Crippen LogP contribution is 2.36. The third-order valence-electron chi connectivity index (χ3n) is 5.72. The molecule has 34 heavy (non-hydrogen) atoms. The standard InChI is InChI=1S/C25H31N7OS/c1-30(2)20-9-7-18(8-10-20)24-22(17-27-25(29-24)32-13-11-31(3)12-14-32)34-21-6-4-5-19(15-21)28-23(33)16-26/h4-10,15,17H,11-14,16,26H2,1-3H3,(H,28,33). The van der Waals surface area contributed by atoms with Crippen molar-refractivity contribution in [1.29, 1.82) is 0 Å². The fourth-order valence-electron chi connectivity index (χ4n) is 3.70. The second-order valence-electron chi connectivity index (χ2n) is 8.50. The first kappa shape index (κ1) is 24.0. The SMILES string of the molecule is CN1CCN(c2ncc(Sc3cccc(NC(=O)CN)c3)c(-c3ccc(N(C)C)cc3)n2)CC1. The number of anilines is 3. The van der Waals surface area contributed by atoms with Gasteiger partial charge in [-0.2, -0.15) is 0 Å². The number of nitrogens with two attached hydrogens (primary N) is 1. The van der Waals surface area contributed by atoms with Crippen molar-refractivity contribution in [3.63, 3.8) is 0 Å². The van der Waals surface area contributed by atoms with E-state index in [4.69, 9.17) is 15.7 Å². The van der Waals surface area contributed by atoms with Gasteiger partial charge < -0.3 is 25.8 Å². The first-order chi connectivity index (χ1) is 16.4. The summed E-state index contributed by atoms with van der Waals surface area (Å²) in [4.78, 5) is 30.0. The molecule has 3 N–H and O–H groups in total. The van der Waals surface area contributed by atoms with Crippen LogP contribution in [0.2, 0.25) is 0 Å². The van der Waals surface area contributed by atoms with Gasteiger partial charge in [0.05, 0.1) is 17.1 Å². The van der Waals surface area contributed by atoms with Gasteiger partial charge >= 0.3 is 0 Å². The molecule has 1 aromatic heterocycles. The molecule has 0 atom stereocenters. The number of hydrogen-bond acceptors (Lipinski definition) is 8. The number of nitrogens with one attached hydrogen (secondary N) is 1. The third kappa shape index (κ3) is 5.85. The third-order valence-corrected chi connectivity index (χ3v) is 6.73. The molecule has 1 aliphatic rings. The van der Waals surface area contributed by atoms with Crippen LogP contribution in [0, 0.1) is 0 Å². The normalized spacial score (nSPS) is 14.2. The van der Waals surface area contributed by atoms with E-state index in [-0.39, 0.29) is 12.5 Å². The number of piperazine rings is 1. The summed E-state index contributed by atoms with van der Waals surface area (Å²) < 4.78 is 0. The Hall–Kier alpha value is -3.14. The van der Waals surface area contributed by atoms with E-state index >= 15 is 0 Å². The van der Waals surface area contributed by atoms with E-state index in [9.17, 15) is 4.79 Å². The second kappa shape index (κ2) is 10.9. The van der Waals surface area contributed by atoms with Gasteiger partial charge in [0.25, 0.3) is 0 Å². The molecule has 0 spiro atoms. The largest absolute Gasteiger partial charge is 0.378 e. The lowest BCUT2D eigenvalue weighted by Crippen LogP contribution is -2.45. The van der Waals surface area contributed by atoms with E-state index in [1.165, 1.54) is 0 Å². The molecule has 0 radical (unpaired) electrons. The summed E-state index contributed by atoms with van der Waals surface area (Å²) in [6.07, 6.45) is 1.91. The highest BCUT2D eigenvalue weighted by atomic mass is 32.2. The Labute approximate surface area is 205 Å². The number of amides is 1. The van der Waals surface area contributed by atoms with E-state index in [1.54, 1.807) is 11.8 Å². The number of benzene rings is 2. The van der Waals surface area contributed by atoms with Crippen molar-refractivity contribution >= 4 is 35.0 Å². The van der Waals surface area contributed by atoms with E-state index in [1.807, 2.05) is 44.6 Å². The Morgan fingerprint density at radius 2 is 1.85 bits per heavy atom. The van der Waals surface area contributed by atoms with Crippen LogP contribution >= 0.6 is 11.8 Å². The summed E-state index contributed by atoms with van der Waals surface area (Å²) in [5.74, 6) is 0.539. The van der Waals surface area contributed by atoms with E-state index in [0.29, 0.717) is 5.69 Å². The van der Waals surface area contributed by atoms with Crippen molar-refractivity contribution < 1.29 is 4.79 Å². The summed E-state index contributed by atoms with van der Waals surface area (Å²) in [6, 6.07) is 16.1. The molecule has 0 saturated carbocycles. The smallest absolute Gasteiger partial charge is 0.238 e. The molecule has 0 aliphatic carbocycles. The molecule has 1 amide bonds. The van der Waals surface area contributed by atoms with Gasteiger partial charge in [-0.05, 0) is 37.4 Å². The van der Waals surface area contributed by atoms with Gasteiger partial charge in [-0.15, -0.1) is 0 Å². The fourth-order valence-corrected chi connectivity index (χ4v) is 4.65. The Balaban J connectivity index is 1.67. The van der Waals surface area contributed by atoms with Crippen LogP contribution in [-0.4, -0.2) is 74.6 Å². The maximum atomic E-state index is 11.7. The lowest BCUT2D eigenvalue weighted by molar-refractivity contribution is -0.114. The average molecular weight is 478 g/mol. The van der Waals surface area contributed by atoms with Crippen molar-refractivity contribution in [1.82, 2.24) is 14.9 Å². The Morgan fingerprint density at radius 3 is 2.53 bits per heavy atom. The van der Waals surface area contributed by atoms with Crippen LogP contribution in [0.3, 0.4) is 0 Å². The van der Waals surface area contributed by atoms with E-state index in [0.717, 1.165) is 58.9 Å². The zero-order valence-electron chi connectivity index (χ0n) is 19.9.